The molecule has 0 radical (unpaired) electrons. The molecule has 0 aromatic carbocycles. The number of carbonyl (C=O) groups excluding carboxylic acids is 2. The molecule has 0 saturated carbocycles. The molecule has 0 bridgehead atoms. The lowest BCUT2D eigenvalue weighted by molar-refractivity contribution is -0.136. The number of hydrogen-bond donors (Lipinski definition) is 4. The molecule has 1 aromatic heterocycles. The molecule has 0 aliphatic heterocycles. The van der Waals surface area contributed by atoms with Gasteiger partial charge in [0.1, 0.15) is 0 Å². The maximum Gasteiger partial charge on any atom is 0.314 e. The maximum atomic E-state index is 11.4. The van der Waals surface area contributed by atoms with Gasteiger partial charge in [-0.1, -0.05) is 13.3 Å². The van der Waals surface area contributed by atoms with Gasteiger partial charge in [0.15, 0.2) is 5.82 Å². The van der Waals surface area contributed by atoms with Gasteiger partial charge in [0.25, 0.3) is 0 Å². The van der Waals surface area contributed by atoms with Gasteiger partial charge in [-0.2, -0.15) is 5.10 Å². The fourth-order valence-electron chi connectivity index (χ4n) is 1.26. The summed E-state index contributed by atoms with van der Waals surface area (Å²) in [4.78, 5) is 22.6. The number of hydrogen-bond acceptors (Lipinski definition) is 4. The first-order valence-electron chi connectivity index (χ1n) is 5.51. The Morgan fingerprint density at radius 2 is 2.24 bits per heavy atom. The van der Waals surface area contributed by atoms with E-state index in [-0.39, 0.29) is 6.54 Å². The zero-order valence-corrected chi connectivity index (χ0v) is 9.75. The van der Waals surface area contributed by atoms with Crippen molar-refractivity contribution in [1.82, 2.24) is 15.5 Å². The quantitative estimate of drug-likeness (QED) is 0.512. The maximum absolute atomic E-state index is 11.4. The fourth-order valence-corrected chi connectivity index (χ4v) is 1.26. The number of carbonyl (C=O) groups is 2. The summed E-state index contributed by atoms with van der Waals surface area (Å²) in [5.74, 6) is -1.11. The van der Waals surface area contributed by atoms with Crippen LogP contribution in [-0.4, -0.2) is 35.1 Å². The average molecular weight is 239 g/mol. The van der Waals surface area contributed by atoms with E-state index in [2.05, 4.69) is 20.8 Å². The lowest BCUT2D eigenvalue weighted by atomic mass is 10.2. The summed E-state index contributed by atoms with van der Waals surface area (Å²) in [6.07, 6.45) is 1.83. The Morgan fingerprint density at radius 3 is 2.88 bits per heavy atom. The highest BCUT2D eigenvalue weighted by atomic mass is 16.2. The van der Waals surface area contributed by atoms with Crippen molar-refractivity contribution in [2.24, 2.45) is 5.73 Å². The minimum atomic E-state index is -0.743. The Balaban J connectivity index is 2.46. The van der Waals surface area contributed by atoms with Crippen LogP contribution in [0.3, 0.4) is 0 Å². The van der Waals surface area contributed by atoms with Crippen molar-refractivity contribution in [3.8, 4) is 0 Å². The molecule has 0 fully saturated rings. The second-order valence-electron chi connectivity index (χ2n) is 3.53. The highest BCUT2D eigenvalue weighted by molar-refractivity contribution is 6.39. The number of aryl methyl sites for hydroxylation is 1. The second-order valence-corrected chi connectivity index (χ2v) is 3.53. The average Bonchev–Trinajstić information content (AvgIpc) is 2.74. The van der Waals surface area contributed by atoms with Crippen LogP contribution in [0.4, 0.5) is 5.82 Å². The molecule has 94 valence electrons. The minimum absolute atomic E-state index is 0.272. The van der Waals surface area contributed by atoms with Gasteiger partial charge in [0.2, 0.25) is 0 Å². The molecule has 7 heteroatoms. The van der Waals surface area contributed by atoms with E-state index >= 15 is 0 Å². The summed E-state index contributed by atoms with van der Waals surface area (Å²) in [6.45, 7) is 2.61. The molecule has 0 atom stereocenters. The molecule has 7 nitrogen and oxygen atoms in total. The van der Waals surface area contributed by atoms with Crippen molar-refractivity contribution in [2.75, 3.05) is 18.4 Å². The molecule has 17 heavy (non-hydrogen) atoms. The molecular weight excluding hydrogens is 222 g/mol. The molecule has 0 unspecified atom stereocenters. The molecular formula is C10H17N5O2. The fraction of sp³-hybridized carbons (Fsp3) is 0.500. The molecule has 0 aliphatic carbocycles. The normalized spacial score (nSPS) is 10.0. The van der Waals surface area contributed by atoms with Gasteiger partial charge in [-0.3, -0.25) is 14.7 Å². The Bertz CT molecular complexity index is 388. The van der Waals surface area contributed by atoms with Crippen LogP contribution in [-0.2, 0) is 16.0 Å². The summed E-state index contributed by atoms with van der Waals surface area (Å²) in [5, 5.41) is 11.4. The Labute approximate surface area is 99.1 Å². The molecule has 1 aromatic rings. The van der Waals surface area contributed by atoms with Crippen LogP contribution in [0.15, 0.2) is 6.07 Å². The van der Waals surface area contributed by atoms with Crippen LogP contribution in [0, 0.1) is 0 Å². The van der Waals surface area contributed by atoms with Gasteiger partial charge in [0.05, 0.1) is 0 Å². The highest BCUT2D eigenvalue weighted by Gasteiger charge is 2.14. The predicted octanol–water partition coefficient (Wildman–Crippen LogP) is -0.624. The van der Waals surface area contributed by atoms with E-state index in [1.165, 1.54) is 0 Å². The van der Waals surface area contributed by atoms with Crippen LogP contribution in [0.2, 0.25) is 0 Å². The van der Waals surface area contributed by atoms with Crippen molar-refractivity contribution >= 4 is 17.6 Å². The van der Waals surface area contributed by atoms with E-state index in [0.29, 0.717) is 12.4 Å². The van der Waals surface area contributed by atoms with Gasteiger partial charge >= 0.3 is 11.8 Å². The third kappa shape index (κ3) is 4.23. The Kier molecular flexibility index (Phi) is 5.15. The first kappa shape index (κ1) is 13.2. The molecule has 5 N–H and O–H groups in total. The molecule has 0 saturated heterocycles. The summed E-state index contributed by atoms with van der Waals surface area (Å²) in [6, 6.07) is 1.71. The van der Waals surface area contributed by atoms with E-state index < -0.39 is 11.8 Å². The third-order valence-corrected chi connectivity index (χ3v) is 2.03. The van der Waals surface area contributed by atoms with Crippen LogP contribution in [0.1, 0.15) is 19.0 Å². The highest BCUT2D eigenvalue weighted by Crippen LogP contribution is 2.06. The van der Waals surface area contributed by atoms with Crippen LogP contribution >= 0.6 is 0 Å². The first-order valence-corrected chi connectivity index (χ1v) is 5.51. The summed E-state index contributed by atoms with van der Waals surface area (Å²) < 4.78 is 0. The predicted molar refractivity (Wildman–Crippen MR) is 63.3 cm³/mol. The smallest absolute Gasteiger partial charge is 0.314 e. The number of nitrogens with two attached hydrogens (primary N) is 1. The van der Waals surface area contributed by atoms with Crippen LogP contribution in [0.5, 0.6) is 0 Å². The molecule has 1 heterocycles. The summed E-state index contributed by atoms with van der Waals surface area (Å²) >= 11 is 0. The van der Waals surface area contributed by atoms with Gasteiger partial charge in [-0.15, -0.1) is 0 Å². The standard InChI is InChI=1S/C10H17N5O2/c1-2-3-7-6-8(15-14-7)13-10(17)9(16)12-5-4-11/h6H,2-5,11H2,1H3,(H,12,16)(H2,13,14,15,17). The minimum Gasteiger partial charge on any atom is -0.347 e. The monoisotopic (exact) mass is 239 g/mol. The van der Waals surface area contributed by atoms with E-state index in [4.69, 9.17) is 5.73 Å². The lowest BCUT2D eigenvalue weighted by Crippen LogP contribution is -2.38. The second kappa shape index (κ2) is 6.64. The number of anilines is 1. The van der Waals surface area contributed by atoms with E-state index in [1.807, 2.05) is 6.92 Å². The van der Waals surface area contributed by atoms with E-state index in [0.717, 1.165) is 18.5 Å². The number of aromatic nitrogens is 2. The zero-order valence-electron chi connectivity index (χ0n) is 9.75. The van der Waals surface area contributed by atoms with Crippen molar-refractivity contribution < 1.29 is 9.59 Å². The van der Waals surface area contributed by atoms with Crippen LogP contribution in [0.25, 0.3) is 0 Å². The lowest BCUT2D eigenvalue weighted by Gasteiger charge is -2.02. The van der Waals surface area contributed by atoms with E-state index in [1.54, 1.807) is 6.07 Å². The molecule has 0 spiro atoms. The van der Waals surface area contributed by atoms with Crippen molar-refractivity contribution in [3.63, 3.8) is 0 Å². The van der Waals surface area contributed by atoms with Crippen molar-refractivity contribution in [1.29, 1.82) is 0 Å². The molecule has 0 aliphatic rings. The number of amides is 2. The van der Waals surface area contributed by atoms with Crippen LogP contribution < -0.4 is 16.4 Å². The van der Waals surface area contributed by atoms with Gasteiger partial charge < -0.3 is 16.4 Å². The largest absolute Gasteiger partial charge is 0.347 e. The van der Waals surface area contributed by atoms with Crippen molar-refractivity contribution in [3.05, 3.63) is 11.8 Å². The first-order chi connectivity index (χ1) is 8.17. The molecule has 1 rings (SSSR count). The number of nitrogens with one attached hydrogen (secondary N) is 3. The van der Waals surface area contributed by atoms with Crippen molar-refractivity contribution in [2.45, 2.75) is 19.8 Å². The van der Waals surface area contributed by atoms with Gasteiger partial charge in [0, 0.05) is 24.8 Å². The SMILES string of the molecule is CCCc1cc(NC(=O)C(=O)NCCN)n[nH]1. The summed E-state index contributed by atoms with van der Waals surface area (Å²) in [5.41, 5.74) is 6.12. The molecule has 2 amide bonds. The van der Waals surface area contributed by atoms with E-state index in [9.17, 15) is 9.59 Å². The Morgan fingerprint density at radius 1 is 1.47 bits per heavy atom. The van der Waals surface area contributed by atoms with Gasteiger partial charge in [-0.25, -0.2) is 0 Å². The number of rotatable bonds is 5. The zero-order chi connectivity index (χ0) is 12.7. The third-order valence-electron chi connectivity index (χ3n) is 2.03. The van der Waals surface area contributed by atoms with Gasteiger partial charge in [-0.05, 0) is 6.42 Å². The topological polar surface area (TPSA) is 113 Å². The number of aromatic amines is 1. The Hall–Kier alpha value is -1.89. The number of H-pyrrole nitrogens is 1. The number of nitrogens with zero attached hydrogens (tertiary/aromatic N) is 1. The summed E-state index contributed by atoms with van der Waals surface area (Å²) in [7, 11) is 0.